The summed E-state index contributed by atoms with van der Waals surface area (Å²) in [6, 6.07) is 4.24. The Kier molecular flexibility index (Phi) is 7.20. The molecule has 0 aliphatic carbocycles. The van der Waals surface area contributed by atoms with Crippen molar-refractivity contribution in [1.29, 1.82) is 0 Å². The van der Waals surface area contributed by atoms with Crippen molar-refractivity contribution >= 4 is 0 Å². The Morgan fingerprint density at radius 2 is 1.76 bits per heavy atom. The molecule has 0 bridgehead atoms. The largest absolute Gasteiger partial charge is 0.493 e. The van der Waals surface area contributed by atoms with E-state index < -0.39 is 12.2 Å². The van der Waals surface area contributed by atoms with Crippen LogP contribution in [0.2, 0.25) is 0 Å². The van der Waals surface area contributed by atoms with Crippen LogP contribution in [0.3, 0.4) is 0 Å². The molecule has 3 unspecified atom stereocenters. The Labute approximate surface area is 129 Å². The highest BCUT2D eigenvalue weighted by Gasteiger charge is 2.22. The van der Waals surface area contributed by atoms with Gasteiger partial charge < -0.3 is 14.9 Å². The molecule has 0 saturated carbocycles. The topological polar surface area (TPSA) is 49.7 Å². The van der Waals surface area contributed by atoms with E-state index in [2.05, 4.69) is 32.9 Å². The molecule has 0 radical (unpaired) electrons. The molecule has 1 aromatic carbocycles. The molecular formula is C18H30O3. The van der Waals surface area contributed by atoms with Crippen LogP contribution in [0.1, 0.15) is 62.6 Å². The van der Waals surface area contributed by atoms with Gasteiger partial charge in [0.2, 0.25) is 0 Å². The second-order valence-corrected chi connectivity index (χ2v) is 5.99. The molecule has 2 N–H and O–H groups in total. The minimum absolute atomic E-state index is 0.145. The number of hydrogen-bond donors (Lipinski definition) is 2. The molecule has 0 aliphatic heterocycles. The fourth-order valence-corrected chi connectivity index (χ4v) is 2.83. The maximum atomic E-state index is 10.1. The monoisotopic (exact) mass is 294 g/mol. The minimum Gasteiger partial charge on any atom is -0.493 e. The second-order valence-electron chi connectivity index (χ2n) is 5.99. The van der Waals surface area contributed by atoms with E-state index in [1.54, 1.807) is 0 Å². The normalized spacial score (nSPS) is 15.6. The Hall–Kier alpha value is -1.06. The zero-order valence-corrected chi connectivity index (χ0v) is 14.0. The van der Waals surface area contributed by atoms with E-state index in [4.69, 9.17) is 4.74 Å². The molecule has 1 aromatic rings. The molecule has 3 atom stereocenters. The number of aliphatic hydroxyl groups is 2. The van der Waals surface area contributed by atoms with E-state index in [0.29, 0.717) is 19.4 Å². The van der Waals surface area contributed by atoms with Gasteiger partial charge in [0.1, 0.15) is 5.75 Å². The van der Waals surface area contributed by atoms with Crippen molar-refractivity contribution in [2.45, 2.75) is 72.0 Å². The average Bonchev–Trinajstić information content (AvgIpc) is 2.41. The third-order valence-electron chi connectivity index (χ3n) is 3.89. The molecule has 3 nitrogen and oxygen atoms in total. The molecule has 120 valence electrons. The fourth-order valence-electron chi connectivity index (χ4n) is 2.83. The summed E-state index contributed by atoms with van der Waals surface area (Å²) >= 11 is 0. The van der Waals surface area contributed by atoms with E-state index >= 15 is 0 Å². The number of rotatable bonds is 8. The van der Waals surface area contributed by atoms with Crippen LogP contribution >= 0.6 is 0 Å². The summed E-state index contributed by atoms with van der Waals surface area (Å²) in [6.07, 6.45) is 0.734. The molecule has 0 saturated heterocycles. The van der Waals surface area contributed by atoms with E-state index in [1.165, 1.54) is 5.56 Å². The van der Waals surface area contributed by atoms with Gasteiger partial charge in [-0.3, -0.25) is 0 Å². The third-order valence-corrected chi connectivity index (χ3v) is 3.89. The predicted octanol–water partition coefficient (Wildman–Crippen LogP) is 3.72. The highest BCUT2D eigenvalue weighted by Crippen LogP contribution is 2.34. The summed E-state index contributed by atoms with van der Waals surface area (Å²) < 4.78 is 5.79. The van der Waals surface area contributed by atoms with E-state index in [1.807, 2.05) is 13.8 Å². The van der Waals surface area contributed by atoms with E-state index in [9.17, 15) is 10.2 Å². The summed E-state index contributed by atoms with van der Waals surface area (Å²) in [5, 5.41) is 20.1. The van der Waals surface area contributed by atoms with Crippen molar-refractivity contribution in [2.75, 3.05) is 6.61 Å². The van der Waals surface area contributed by atoms with Crippen molar-refractivity contribution in [3.05, 3.63) is 28.8 Å². The molecule has 0 heterocycles. The smallest absolute Gasteiger partial charge is 0.125 e. The zero-order valence-electron chi connectivity index (χ0n) is 14.0. The van der Waals surface area contributed by atoms with Gasteiger partial charge in [-0.25, -0.2) is 0 Å². The van der Waals surface area contributed by atoms with Crippen molar-refractivity contribution in [3.8, 4) is 5.75 Å². The van der Waals surface area contributed by atoms with Gasteiger partial charge in [0, 0.05) is 0 Å². The molecule has 0 aromatic heterocycles. The Balaban J connectivity index is 2.93. The summed E-state index contributed by atoms with van der Waals surface area (Å²) in [5.74, 6) is 1.07. The van der Waals surface area contributed by atoms with Crippen LogP contribution in [0.5, 0.6) is 5.75 Å². The van der Waals surface area contributed by atoms with E-state index in [-0.39, 0.29) is 5.92 Å². The molecule has 21 heavy (non-hydrogen) atoms. The Bertz CT molecular complexity index is 442. The lowest BCUT2D eigenvalue weighted by molar-refractivity contribution is 0.00626. The summed E-state index contributed by atoms with van der Waals surface area (Å²) in [4.78, 5) is 0. The molecule has 0 fully saturated rings. The number of aryl methyl sites for hydroxylation is 2. The van der Waals surface area contributed by atoms with Crippen molar-refractivity contribution < 1.29 is 14.9 Å². The Morgan fingerprint density at radius 3 is 2.33 bits per heavy atom. The van der Waals surface area contributed by atoms with Crippen LogP contribution < -0.4 is 4.74 Å². The molecule has 0 spiro atoms. The van der Waals surface area contributed by atoms with Gasteiger partial charge in [0.25, 0.3) is 0 Å². The van der Waals surface area contributed by atoms with Crippen molar-refractivity contribution in [1.82, 2.24) is 0 Å². The highest BCUT2D eigenvalue weighted by molar-refractivity contribution is 5.45. The maximum absolute atomic E-state index is 10.1. The summed E-state index contributed by atoms with van der Waals surface area (Å²) in [6.45, 7) is 10.8. The number of benzene rings is 1. The lowest BCUT2D eigenvalue weighted by atomic mass is 9.89. The lowest BCUT2D eigenvalue weighted by Crippen LogP contribution is -2.27. The second kappa shape index (κ2) is 8.40. The minimum atomic E-state index is -0.685. The zero-order chi connectivity index (χ0) is 16.0. The number of ether oxygens (including phenoxy) is 1. The third kappa shape index (κ3) is 5.01. The van der Waals surface area contributed by atoms with Gasteiger partial charge >= 0.3 is 0 Å². The van der Waals surface area contributed by atoms with Crippen LogP contribution in [0.25, 0.3) is 0 Å². The fraction of sp³-hybridized carbons (Fsp3) is 0.667. The number of hydrogen-bond acceptors (Lipinski definition) is 3. The first-order valence-electron chi connectivity index (χ1n) is 8.00. The molecule has 1 rings (SSSR count). The first kappa shape index (κ1) is 18.0. The van der Waals surface area contributed by atoms with Gasteiger partial charge in [0.05, 0.1) is 18.8 Å². The summed E-state index contributed by atoms with van der Waals surface area (Å²) in [5.41, 5.74) is 3.45. The first-order valence-corrected chi connectivity index (χ1v) is 8.00. The maximum Gasteiger partial charge on any atom is 0.125 e. The van der Waals surface area contributed by atoms with Gasteiger partial charge in [-0.1, -0.05) is 38.0 Å². The van der Waals surface area contributed by atoms with Gasteiger partial charge in [-0.2, -0.15) is 0 Å². The SMILES string of the molecule is CCCC(O)C(O)CC(C)c1cc(C)cc(C)c1OCC. The quantitative estimate of drug-likeness (QED) is 0.768. The van der Waals surface area contributed by atoms with Crippen LogP contribution in [-0.4, -0.2) is 29.0 Å². The average molecular weight is 294 g/mol. The summed E-state index contributed by atoms with van der Waals surface area (Å²) in [7, 11) is 0. The molecule has 0 amide bonds. The van der Waals surface area contributed by atoms with Crippen molar-refractivity contribution in [3.63, 3.8) is 0 Å². The van der Waals surface area contributed by atoms with Gasteiger partial charge in [-0.15, -0.1) is 0 Å². The van der Waals surface area contributed by atoms with Crippen LogP contribution in [0.15, 0.2) is 12.1 Å². The standard InChI is InChI=1S/C18H30O3/c1-6-8-16(19)17(20)11-13(4)15-10-12(3)9-14(5)18(15)21-7-2/h9-10,13,16-17,19-20H,6-8,11H2,1-5H3. The van der Waals surface area contributed by atoms with Gasteiger partial charge in [-0.05, 0) is 50.7 Å². The van der Waals surface area contributed by atoms with Crippen LogP contribution in [-0.2, 0) is 0 Å². The van der Waals surface area contributed by atoms with Gasteiger partial charge in [0.15, 0.2) is 0 Å². The molecule has 0 aliphatic rings. The predicted molar refractivity (Wildman–Crippen MR) is 87.0 cm³/mol. The van der Waals surface area contributed by atoms with Crippen LogP contribution in [0.4, 0.5) is 0 Å². The van der Waals surface area contributed by atoms with Crippen LogP contribution in [0, 0.1) is 13.8 Å². The van der Waals surface area contributed by atoms with E-state index in [0.717, 1.165) is 23.3 Å². The molecular weight excluding hydrogens is 264 g/mol. The van der Waals surface area contributed by atoms with Crippen molar-refractivity contribution in [2.24, 2.45) is 0 Å². The molecule has 3 heteroatoms. The highest BCUT2D eigenvalue weighted by atomic mass is 16.5. The lowest BCUT2D eigenvalue weighted by Gasteiger charge is -2.24. The first-order chi connectivity index (χ1) is 9.90. The Morgan fingerprint density at radius 1 is 1.10 bits per heavy atom. The number of aliphatic hydroxyl groups excluding tert-OH is 2.